The molecular weight excluding hydrogens is 326 g/mol. The van der Waals surface area contributed by atoms with Gasteiger partial charge in [0.15, 0.2) is 11.5 Å². The minimum atomic E-state index is -0.421. The minimum Gasteiger partial charge on any atom is -0.493 e. The normalized spacial score (nSPS) is 10.8. The maximum absolute atomic E-state index is 11.3. The van der Waals surface area contributed by atoms with Gasteiger partial charge in [0.2, 0.25) is 5.03 Å². The maximum atomic E-state index is 11.3. The number of hydrogen-bond donors (Lipinski definition) is 0. The Morgan fingerprint density at radius 1 is 1.32 bits per heavy atom. The Labute approximate surface area is 133 Å². The van der Waals surface area contributed by atoms with Crippen LogP contribution in [-0.4, -0.2) is 28.5 Å². The molecule has 0 aliphatic rings. The molecule has 2 heterocycles. The van der Waals surface area contributed by atoms with Gasteiger partial charge in [0.1, 0.15) is 6.20 Å². The van der Waals surface area contributed by atoms with E-state index in [1.807, 2.05) is 6.07 Å². The lowest BCUT2D eigenvalue weighted by Gasteiger charge is -2.08. The van der Waals surface area contributed by atoms with E-state index in [9.17, 15) is 10.1 Å². The van der Waals surface area contributed by atoms with Crippen molar-refractivity contribution in [3.8, 4) is 11.5 Å². The van der Waals surface area contributed by atoms with E-state index >= 15 is 0 Å². The molecule has 1 aromatic carbocycles. The average molecular weight is 337 g/mol. The number of rotatable bonds is 5. The van der Waals surface area contributed by atoms with Gasteiger partial charge in [0.25, 0.3) is 4.96 Å². The third kappa shape index (κ3) is 2.48. The van der Waals surface area contributed by atoms with Gasteiger partial charge in [-0.25, -0.2) is 0 Å². The first-order valence-electron chi connectivity index (χ1n) is 6.14. The summed E-state index contributed by atoms with van der Waals surface area (Å²) in [6, 6.07) is 5.33. The van der Waals surface area contributed by atoms with Gasteiger partial charge < -0.3 is 19.6 Å². The van der Waals surface area contributed by atoms with Gasteiger partial charge in [-0.1, -0.05) is 23.1 Å². The lowest BCUT2D eigenvalue weighted by atomic mass is 10.3. The molecule has 0 aliphatic heterocycles. The summed E-state index contributed by atoms with van der Waals surface area (Å²) in [6.07, 6.45) is 1.64. The number of methoxy groups -OCH3 is 2. The van der Waals surface area contributed by atoms with Crippen LogP contribution in [0.25, 0.3) is 4.96 Å². The molecule has 2 aromatic heterocycles. The summed E-state index contributed by atoms with van der Waals surface area (Å²) in [5.41, 5.74) is 0. The topological polar surface area (TPSA) is 78.9 Å². The van der Waals surface area contributed by atoms with Crippen LogP contribution in [0.15, 0.2) is 39.7 Å². The van der Waals surface area contributed by atoms with E-state index in [4.69, 9.17) is 9.47 Å². The molecule has 0 unspecified atom stereocenters. The number of imidazole rings is 1. The molecule has 0 atom stereocenters. The summed E-state index contributed by atoms with van der Waals surface area (Å²) in [5.74, 6) is 1.14. The highest BCUT2D eigenvalue weighted by Crippen LogP contribution is 2.39. The molecule has 0 radical (unpaired) electrons. The first-order valence-corrected chi connectivity index (χ1v) is 7.83. The summed E-state index contributed by atoms with van der Waals surface area (Å²) in [7, 11) is 3.10. The lowest BCUT2D eigenvalue weighted by molar-refractivity contribution is -0.393. The van der Waals surface area contributed by atoms with Gasteiger partial charge in [-0.2, -0.15) is 9.38 Å². The smallest absolute Gasteiger partial charge is 0.363 e. The second-order valence-electron chi connectivity index (χ2n) is 4.17. The summed E-state index contributed by atoms with van der Waals surface area (Å²) in [6.45, 7) is 0. The zero-order valence-electron chi connectivity index (χ0n) is 11.7. The van der Waals surface area contributed by atoms with Gasteiger partial charge >= 0.3 is 5.82 Å². The molecule has 0 saturated carbocycles. The largest absolute Gasteiger partial charge is 0.493 e. The molecule has 0 spiro atoms. The highest BCUT2D eigenvalue weighted by atomic mass is 32.2. The van der Waals surface area contributed by atoms with Crippen molar-refractivity contribution in [3.05, 3.63) is 39.9 Å². The quantitative estimate of drug-likeness (QED) is 0.524. The summed E-state index contributed by atoms with van der Waals surface area (Å²) in [5, 5.41) is 13.4. The highest BCUT2D eigenvalue weighted by molar-refractivity contribution is 7.99. The fourth-order valence-corrected chi connectivity index (χ4v) is 3.67. The zero-order valence-corrected chi connectivity index (χ0v) is 13.3. The zero-order chi connectivity index (χ0) is 15.7. The third-order valence-electron chi connectivity index (χ3n) is 2.95. The van der Waals surface area contributed by atoms with Crippen LogP contribution in [0.4, 0.5) is 5.82 Å². The molecule has 0 N–H and O–H groups in total. The van der Waals surface area contributed by atoms with Crippen LogP contribution in [0.1, 0.15) is 0 Å². The summed E-state index contributed by atoms with van der Waals surface area (Å²) >= 11 is 2.57. The van der Waals surface area contributed by atoms with Crippen molar-refractivity contribution in [1.29, 1.82) is 0 Å². The van der Waals surface area contributed by atoms with Crippen molar-refractivity contribution in [2.24, 2.45) is 0 Å². The molecule has 9 heteroatoms. The fraction of sp³-hybridized carbons (Fsp3) is 0.154. The van der Waals surface area contributed by atoms with Gasteiger partial charge in [-0.15, -0.1) is 0 Å². The van der Waals surface area contributed by atoms with Crippen LogP contribution in [0.3, 0.4) is 0 Å². The number of fused-ring (bicyclic) bond motifs is 1. The number of nitro groups is 1. The third-order valence-corrected chi connectivity index (χ3v) is 4.66. The van der Waals surface area contributed by atoms with Crippen molar-refractivity contribution in [2.45, 2.75) is 9.92 Å². The van der Waals surface area contributed by atoms with E-state index in [-0.39, 0.29) is 5.82 Å². The Hall–Kier alpha value is -2.26. The summed E-state index contributed by atoms with van der Waals surface area (Å²) in [4.78, 5) is 16.6. The maximum Gasteiger partial charge on any atom is 0.363 e. The van der Waals surface area contributed by atoms with Crippen molar-refractivity contribution < 1.29 is 14.4 Å². The number of thiazole rings is 1. The van der Waals surface area contributed by atoms with E-state index in [2.05, 4.69) is 4.98 Å². The van der Waals surface area contributed by atoms with Crippen LogP contribution >= 0.6 is 23.1 Å². The lowest BCUT2D eigenvalue weighted by Crippen LogP contribution is -1.94. The Kier molecular flexibility index (Phi) is 3.90. The van der Waals surface area contributed by atoms with Gasteiger partial charge in [-0.3, -0.25) is 0 Å². The van der Waals surface area contributed by atoms with Crippen molar-refractivity contribution in [1.82, 2.24) is 9.38 Å². The standard InChI is InChI=1S/C13H11N3O4S2/c1-19-9-4-3-8(7-10(9)20-2)22-11-12(16(17)18)15-5-6-21-13(15)14-11/h3-7H,1-2H3. The SMILES string of the molecule is COc1ccc(Sc2nc3sccn3c2[N+](=O)[O-])cc1OC. The molecule has 0 aliphatic carbocycles. The number of hydrogen-bond acceptors (Lipinski definition) is 7. The molecule has 0 fully saturated rings. The van der Waals surface area contributed by atoms with E-state index < -0.39 is 4.92 Å². The Morgan fingerprint density at radius 3 is 2.77 bits per heavy atom. The Morgan fingerprint density at radius 2 is 2.09 bits per heavy atom. The average Bonchev–Trinajstić information content (AvgIpc) is 3.06. The molecule has 22 heavy (non-hydrogen) atoms. The number of aromatic nitrogens is 2. The summed E-state index contributed by atoms with van der Waals surface area (Å²) < 4.78 is 11.9. The Balaban J connectivity index is 2.01. The second kappa shape index (κ2) is 5.85. The van der Waals surface area contributed by atoms with E-state index in [0.29, 0.717) is 21.5 Å². The van der Waals surface area contributed by atoms with E-state index in [1.165, 1.54) is 27.5 Å². The highest BCUT2D eigenvalue weighted by Gasteiger charge is 2.24. The minimum absolute atomic E-state index is 0.0314. The molecule has 114 valence electrons. The Bertz CT molecular complexity index is 843. The molecule has 3 rings (SSSR count). The van der Waals surface area contributed by atoms with Crippen LogP contribution < -0.4 is 9.47 Å². The number of nitrogens with zero attached hydrogens (tertiary/aromatic N) is 3. The van der Waals surface area contributed by atoms with Gasteiger partial charge in [0, 0.05) is 10.3 Å². The van der Waals surface area contributed by atoms with Crippen molar-refractivity contribution >= 4 is 33.9 Å². The van der Waals surface area contributed by atoms with Crippen LogP contribution in [0.2, 0.25) is 0 Å². The number of ether oxygens (including phenoxy) is 2. The predicted molar refractivity (Wildman–Crippen MR) is 83.4 cm³/mol. The van der Waals surface area contributed by atoms with Crippen LogP contribution in [0.5, 0.6) is 11.5 Å². The van der Waals surface area contributed by atoms with Crippen LogP contribution in [-0.2, 0) is 0 Å². The first-order chi connectivity index (χ1) is 10.6. The number of benzene rings is 1. The van der Waals surface area contributed by atoms with Gasteiger partial charge in [-0.05, 0) is 23.1 Å². The van der Waals surface area contributed by atoms with Gasteiger partial charge in [0.05, 0.1) is 14.2 Å². The van der Waals surface area contributed by atoms with Crippen molar-refractivity contribution in [3.63, 3.8) is 0 Å². The van der Waals surface area contributed by atoms with Crippen molar-refractivity contribution in [2.75, 3.05) is 14.2 Å². The molecule has 0 bridgehead atoms. The van der Waals surface area contributed by atoms with E-state index in [0.717, 1.165) is 4.90 Å². The molecular formula is C13H11N3O4S2. The van der Waals surface area contributed by atoms with E-state index in [1.54, 1.807) is 37.9 Å². The first kappa shape index (κ1) is 14.7. The molecule has 0 saturated heterocycles. The molecule has 3 aromatic rings. The second-order valence-corrected chi connectivity index (χ2v) is 6.11. The monoisotopic (exact) mass is 337 g/mol. The van der Waals surface area contributed by atoms with Crippen LogP contribution in [0, 0.1) is 10.1 Å². The molecule has 0 amide bonds. The fourth-order valence-electron chi connectivity index (χ4n) is 1.98. The molecule has 7 nitrogen and oxygen atoms in total. The predicted octanol–water partition coefficient (Wildman–Crippen LogP) is 3.47.